The molecule has 0 aliphatic heterocycles. The molecule has 0 spiro atoms. The van der Waals surface area contributed by atoms with Gasteiger partial charge in [0.1, 0.15) is 22.8 Å². The third-order valence-corrected chi connectivity index (χ3v) is 4.59. The van der Waals surface area contributed by atoms with E-state index in [0.29, 0.717) is 40.8 Å². The molecule has 1 unspecified atom stereocenters. The van der Waals surface area contributed by atoms with E-state index in [2.05, 4.69) is 39.4 Å². The van der Waals surface area contributed by atoms with Crippen molar-refractivity contribution in [1.82, 2.24) is 15.0 Å². The van der Waals surface area contributed by atoms with Crippen LogP contribution in [0.25, 0.3) is 11.0 Å². The summed E-state index contributed by atoms with van der Waals surface area (Å²) in [5.74, 6) is 1.57. The van der Waals surface area contributed by atoms with Crippen molar-refractivity contribution in [3.05, 3.63) is 41.8 Å². The lowest BCUT2D eigenvalue weighted by molar-refractivity contribution is 0.281. The summed E-state index contributed by atoms with van der Waals surface area (Å²) in [6.07, 6.45) is 3.75. The first-order chi connectivity index (χ1) is 15.4. The Kier molecular flexibility index (Phi) is 9.87. The Morgan fingerprint density at radius 1 is 1.09 bits per heavy atom. The van der Waals surface area contributed by atoms with Crippen LogP contribution in [0.5, 0.6) is 11.5 Å². The lowest BCUT2D eigenvalue weighted by Gasteiger charge is -2.15. The number of aliphatic hydroxyl groups excluding tert-OH is 1. The minimum Gasteiger partial charge on any atom is -0.497 e. The highest BCUT2D eigenvalue weighted by Gasteiger charge is 2.13. The topological polar surface area (TPSA) is 101 Å². The summed E-state index contributed by atoms with van der Waals surface area (Å²) in [5.41, 5.74) is 1.66. The molecule has 0 fully saturated rings. The fraction of sp³-hybridized carbons (Fsp3) is 0.435. The van der Waals surface area contributed by atoms with Crippen LogP contribution < -0.4 is 20.1 Å². The number of hydrogen-bond donors (Lipinski definition) is 3. The zero-order valence-corrected chi connectivity index (χ0v) is 19.3. The zero-order chi connectivity index (χ0) is 23.5. The molecule has 0 aliphatic rings. The van der Waals surface area contributed by atoms with Gasteiger partial charge in [-0.15, -0.1) is 0 Å². The molecule has 0 bridgehead atoms. The van der Waals surface area contributed by atoms with E-state index in [1.54, 1.807) is 27.2 Å². The van der Waals surface area contributed by atoms with Crippen LogP contribution in [-0.4, -0.2) is 46.9 Å². The Morgan fingerprint density at radius 2 is 1.84 bits per heavy atom. The Balaban J connectivity index is 0.000000837. The molecular formula is C23H32FN5O3. The normalized spacial score (nSPS) is 11.3. The van der Waals surface area contributed by atoms with Crippen LogP contribution in [0.4, 0.5) is 16.2 Å². The fourth-order valence-electron chi connectivity index (χ4n) is 2.63. The van der Waals surface area contributed by atoms with Crippen LogP contribution in [0.2, 0.25) is 0 Å². The van der Waals surface area contributed by atoms with Gasteiger partial charge < -0.3 is 25.2 Å². The number of aliphatic hydroxyl groups is 1. The third kappa shape index (κ3) is 6.91. The average molecular weight is 446 g/mol. The van der Waals surface area contributed by atoms with Gasteiger partial charge in [0.05, 0.1) is 32.5 Å². The minimum absolute atomic E-state index is 0.0848. The van der Waals surface area contributed by atoms with Gasteiger partial charge >= 0.3 is 0 Å². The predicted octanol–water partition coefficient (Wildman–Crippen LogP) is 4.39. The quantitative estimate of drug-likeness (QED) is 0.446. The highest BCUT2D eigenvalue weighted by molar-refractivity contribution is 5.86. The Labute approximate surface area is 188 Å². The molecule has 174 valence electrons. The van der Waals surface area contributed by atoms with Gasteiger partial charge in [0.2, 0.25) is 5.95 Å². The number of unbranched alkanes of at least 4 members (excludes halogenated alkanes) is 1. The van der Waals surface area contributed by atoms with E-state index in [0.717, 1.165) is 11.8 Å². The Bertz CT molecular complexity index is 1000. The molecule has 0 amide bonds. The van der Waals surface area contributed by atoms with E-state index in [4.69, 9.17) is 9.47 Å². The summed E-state index contributed by atoms with van der Waals surface area (Å²) in [7, 11) is 3.17. The molecule has 0 saturated heterocycles. The number of aromatic nitrogens is 3. The van der Waals surface area contributed by atoms with E-state index >= 15 is 0 Å². The number of hydrogen-bond acceptors (Lipinski definition) is 8. The van der Waals surface area contributed by atoms with Crippen LogP contribution in [0.3, 0.4) is 0 Å². The van der Waals surface area contributed by atoms with Crippen LogP contribution in [0.15, 0.2) is 30.5 Å². The highest BCUT2D eigenvalue weighted by Crippen LogP contribution is 2.26. The number of anilines is 2. The number of benzene rings is 1. The highest BCUT2D eigenvalue weighted by atomic mass is 19.1. The molecule has 1 atom stereocenters. The van der Waals surface area contributed by atoms with Crippen LogP contribution >= 0.6 is 0 Å². The molecular weight excluding hydrogens is 413 g/mol. The number of methoxy groups -OCH3 is 2. The maximum absolute atomic E-state index is 13.6. The summed E-state index contributed by atoms with van der Waals surface area (Å²) < 4.78 is 24.2. The van der Waals surface area contributed by atoms with Gasteiger partial charge in [-0.25, -0.2) is 14.4 Å². The monoisotopic (exact) mass is 445 g/mol. The van der Waals surface area contributed by atoms with Gasteiger partial charge in [0, 0.05) is 30.3 Å². The van der Waals surface area contributed by atoms with Gasteiger partial charge in [-0.2, -0.15) is 4.98 Å². The van der Waals surface area contributed by atoms with E-state index < -0.39 is 5.82 Å². The number of rotatable bonds is 9. The average Bonchev–Trinajstić information content (AvgIpc) is 2.82. The standard InChI is InChI=1S/C19H22FN5O3.C4H10/c1-11(10-26)23-18-17-15(6-13(20)9-21-17)24-19(25-18)22-8-12-4-5-14(27-2)7-16(12)28-3;1-3-4-2/h4-7,9,11,26H,8,10H2,1-3H3,(H2,22,23,24,25);3-4H2,1-2H3. The summed E-state index contributed by atoms with van der Waals surface area (Å²) >= 11 is 0. The van der Waals surface area contributed by atoms with Crippen molar-refractivity contribution >= 4 is 22.8 Å². The second kappa shape index (κ2) is 12.6. The van der Waals surface area contributed by atoms with Crippen molar-refractivity contribution in [3.63, 3.8) is 0 Å². The van der Waals surface area contributed by atoms with Gasteiger partial charge in [0.25, 0.3) is 0 Å². The number of fused-ring (bicyclic) bond motifs is 1. The molecule has 0 radical (unpaired) electrons. The number of nitrogens with zero attached hydrogens (tertiary/aromatic N) is 3. The molecule has 9 heteroatoms. The Morgan fingerprint density at radius 3 is 2.47 bits per heavy atom. The first kappa shape index (κ1) is 25.1. The maximum Gasteiger partial charge on any atom is 0.225 e. The van der Waals surface area contributed by atoms with E-state index in [9.17, 15) is 9.50 Å². The molecule has 32 heavy (non-hydrogen) atoms. The molecule has 8 nitrogen and oxygen atoms in total. The lowest BCUT2D eigenvalue weighted by Crippen LogP contribution is -2.21. The van der Waals surface area contributed by atoms with Crippen LogP contribution in [-0.2, 0) is 6.54 Å². The smallest absolute Gasteiger partial charge is 0.225 e. The molecule has 3 aromatic rings. The van der Waals surface area contributed by atoms with Crippen LogP contribution in [0.1, 0.15) is 39.2 Å². The summed E-state index contributed by atoms with van der Waals surface area (Å²) in [6, 6.07) is 6.53. The molecule has 1 aromatic carbocycles. The van der Waals surface area contributed by atoms with Gasteiger partial charge in [-0.05, 0) is 19.1 Å². The first-order valence-electron chi connectivity index (χ1n) is 10.6. The summed E-state index contributed by atoms with van der Waals surface area (Å²) in [5, 5.41) is 15.5. The van der Waals surface area contributed by atoms with E-state index in [-0.39, 0.29) is 12.6 Å². The van der Waals surface area contributed by atoms with Crippen molar-refractivity contribution in [2.45, 2.75) is 46.2 Å². The van der Waals surface area contributed by atoms with Crippen molar-refractivity contribution in [1.29, 1.82) is 0 Å². The largest absolute Gasteiger partial charge is 0.497 e. The molecule has 0 saturated carbocycles. The van der Waals surface area contributed by atoms with Crippen molar-refractivity contribution in [2.24, 2.45) is 0 Å². The molecule has 3 rings (SSSR count). The predicted molar refractivity (Wildman–Crippen MR) is 125 cm³/mol. The summed E-state index contributed by atoms with van der Waals surface area (Å²) in [4.78, 5) is 12.8. The van der Waals surface area contributed by atoms with E-state index in [1.165, 1.54) is 18.9 Å². The second-order valence-corrected chi connectivity index (χ2v) is 7.18. The minimum atomic E-state index is -0.491. The molecule has 0 aliphatic carbocycles. The molecule has 3 N–H and O–H groups in total. The van der Waals surface area contributed by atoms with Gasteiger partial charge in [-0.3, -0.25) is 0 Å². The van der Waals surface area contributed by atoms with Crippen molar-refractivity contribution < 1.29 is 19.0 Å². The summed E-state index contributed by atoms with van der Waals surface area (Å²) in [6.45, 7) is 6.46. The van der Waals surface area contributed by atoms with Crippen molar-refractivity contribution in [2.75, 3.05) is 31.5 Å². The number of pyridine rings is 1. The molecule has 2 aromatic heterocycles. The van der Waals surface area contributed by atoms with Crippen molar-refractivity contribution in [3.8, 4) is 11.5 Å². The number of ether oxygens (including phenoxy) is 2. The van der Waals surface area contributed by atoms with E-state index in [1.807, 2.05) is 12.1 Å². The van der Waals surface area contributed by atoms with Gasteiger partial charge in [-0.1, -0.05) is 26.7 Å². The van der Waals surface area contributed by atoms with Crippen LogP contribution in [0, 0.1) is 5.82 Å². The molecule has 2 heterocycles. The first-order valence-corrected chi connectivity index (χ1v) is 10.6. The number of nitrogens with one attached hydrogen (secondary N) is 2. The Hall–Kier alpha value is -3.20. The SMILES string of the molecule is CCCC.COc1ccc(CNc2nc(NC(C)CO)c3ncc(F)cc3n2)c(OC)c1. The number of halogens is 1. The van der Waals surface area contributed by atoms with Gasteiger partial charge in [0.15, 0.2) is 5.82 Å². The third-order valence-electron chi connectivity index (χ3n) is 4.59. The fourth-order valence-corrected chi connectivity index (χ4v) is 2.63. The zero-order valence-electron chi connectivity index (χ0n) is 19.3. The second-order valence-electron chi connectivity index (χ2n) is 7.18. The lowest BCUT2D eigenvalue weighted by atomic mass is 10.2. The maximum atomic E-state index is 13.6.